The van der Waals surface area contributed by atoms with Gasteiger partial charge in [-0.15, -0.1) is 0 Å². The van der Waals surface area contributed by atoms with Gasteiger partial charge in [0.15, 0.2) is 0 Å². The monoisotopic (exact) mass is 348 g/mol. The summed E-state index contributed by atoms with van der Waals surface area (Å²) in [6.07, 6.45) is 1.87. The Bertz CT molecular complexity index is 960. The molecule has 2 aromatic carbocycles. The molecule has 3 aromatic rings. The SMILES string of the molecule is COc1ccc(-c2ncc3n2CN(C(=O)N(C)C)c2ccccc2-3)cc1. The zero-order chi connectivity index (χ0) is 18.3. The number of para-hydroxylation sites is 1. The van der Waals surface area contributed by atoms with E-state index in [9.17, 15) is 4.79 Å². The number of anilines is 1. The molecule has 1 aromatic heterocycles. The summed E-state index contributed by atoms with van der Waals surface area (Å²) in [6, 6.07) is 15.7. The van der Waals surface area contributed by atoms with E-state index in [4.69, 9.17) is 4.74 Å². The van der Waals surface area contributed by atoms with E-state index in [1.165, 1.54) is 0 Å². The molecule has 0 radical (unpaired) electrons. The molecule has 1 aliphatic heterocycles. The Kier molecular flexibility index (Phi) is 3.88. The number of hydrogen-bond acceptors (Lipinski definition) is 3. The molecule has 0 saturated heterocycles. The standard InChI is InChI=1S/C20H20N4O2/c1-22(2)20(25)24-13-23-18(16-6-4-5-7-17(16)24)12-21-19(23)14-8-10-15(26-3)11-9-14/h4-12H,13H2,1-3H3. The number of rotatable bonds is 2. The maximum Gasteiger partial charge on any atom is 0.325 e. The predicted octanol–water partition coefficient (Wildman–Crippen LogP) is 3.68. The lowest BCUT2D eigenvalue weighted by atomic mass is 10.1. The van der Waals surface area contributed by atoms with Crippen molar-refractivity contribution in [1.29, 1.82) is 0 Å². The van der Waals surface area contributed by atoms with E-state index >= 15 is 0 Å². The fourth-order valence-electron chi connectivity index (χ4n) is 3.25. The minimum Gasteiger partial charge on any atom is -0.497 e. The maximum atomic E-state index is 12.7. The Morgan fingerprint density at radius 2 is 1.85 bits per heavy atom. The minimum atomic E-state index is -0.0579. The van der Waals surface area contributed by atoms with Gasteiger partial charge in [0.25, 0.3) is 0 Å². The van der Waals surface area contributed by atoms with Crippen LogP contribution in [0.2, 0.25) is 0 Å². The predicted molar refractivity (Wildman–Crippen MR) is 101 cm³/mol. The summed E-state index contributed by atoms with van der Waals surface area (Å²) < 4.78 is 7.31. The summed E-state index contributed by atoms with van der Waals surface area (Å²) in [6.45, 7) is 0.421. The van der Waals surface area contributed by atoms with Crippen LogP contribution in [0.3, 0.4) is 0 Å². The van der Waals surface area contributed by atoms with E-state index in [0.29, 0.717) is 6.67 Å². The molecule has 0 atom stereocenters. The molecule has 0 unspecified atom stereocenters. The molecule has 6 heteroatoms. The zero-order valence-electron chi connectivity index (χ0n) is 15.0. The first-order chi connectivity index (χ1) is 12.6. The summed E-state index contributed by atoms with van der Waals surface area (Å²) in [4.78, 5) is 20.7. The molecular weight excluding hydrogens is 328 g/mol. The first-order valence-corrected chi connectivity index (χ1v) is 8.38. The second kappa shape index (κ2) is 6.22. The molecule has 132 valence electrons. The molecule has 0 aliphatic carbocycles. The molecule has 0 spiro atoms. The first-order valence-electron chi connectivity index (χ1n) is 8.38. The number of imidazole rings is 1. The van der Waals surface area contributed by atoms with Crippen LogP contribution in [0.4, 0.5) is 10.5 Å². The third-order valence-electron chi connectivity index (χ3n) is 4.57. The normalized spacial score (nSPS) is 12.3. The van der Waals surface area contributed by atoms with E-state index in [1.54, 1.807) is 31.0 Å². The Hall–Kier alpha value is -3.28. The van der Waals surface area contributed by atoms with E-state index in [-0.39, 0.29) is 6.03 Å². The largest absolute Gasteiger partial charge is 0.497 e. The van der Waals surface area contributed by atoms with Gasteiger partial charge in [0.1, 0.15) is 18.2 Å². The van der Waals surface area contributed by atoms with Crippen LogP contribution >= 0.6 is 0 Å². The Labute approximate surface area is 152 Å². The molecule has 1 aliphatic rings. The number of methoxy groups -OCH3 is 1. The van der Waals surface area contributed by atoms with Gasteiger partial charge in [-0.1, -0.05) is 18.2 Å². The fraction of sp³-hybridized carbons (Fsp3) is 0.200. The number of fused-ring (bicyclic) bond motifs is 3. The summed E-state index contributed by atoms with van der Waals surface area (Å²) in [5.41, 5.74) is 3.89. The summed E-state index contributed by atoms with van der Waals surface area (Å²) in [7, 11) is 5.17. The van der Waals surface area contributed by atoms with Crippen molar-refractivity contribution in [2.45, 2.75) is 6.67 Å². The van der Waals surface area contributed by atoms with E-state index < -0.39 is 0 Å². The molecule has 4 rings (SSSR count). The van der Waals surface area contributed by atoms with Crippen LogP contribution in [0.5, 0.6) is 5.75 Å². The lowest BCUT2D eigenvalue weighted by Crippen LogP contribution is -2.42. The van der Waals surface area contributed by atoms with Crippen molar-refractivity contribution in [3.63, 3.8) is 0 Å². The van der Waals surface area contributed by atoms with Crippen molar-refractivity contribution in [1.82, 2.24) is 14.5 Å². The molecule has 6 nitrogen and oxygen atoms in total. The number of amides is 2. The van der Waals surface area contributed by atoms with E-state index in [2.05, 4.69) is 9.55 Å². The van der Waals surface area contributed by atoms with Crippen molar-refractivity contribution >= 4 is 11.7 Å². The van der Waals surface area contributed by atoms with Crippen LogP contribution in [0.1, 0.15) is 0 Å². The molecule has 0 N–H and O–H groups in total. The number of hydrogen-bond donors (Lipinski definition) is 0. The van der Waals surface area contributed by atoms with Gasteiger partial charge in [0, 0.05) is 25.2 Å². The molecule has 2 heterocycles. The highest BCUT2D eigenvalue weighted by atomic mass is 16.5. The molecular formula is C20H20N4O2. The average Bonchev–Trinajstić information content (AvgIpc) is 3.11. The Balaban J connectivity index is 1.84. The number of nitrogens with zero attached hydrogens (tertiary/aromatic N) is 4. The average molecular weight is 348 g/mol. The summed E-state index contributed by atoms with van der Waals surface area (Å²) >= 11 is 0. The highest BCUT2D eigenvalue weighted by Crippen LogP contribution is 2.38. The second-order valence-electron chi connectivity index (χ2n) is 6.39. The van der Waals surface area contributed by atoms with Gasteiger partial charge < -0.3 is 14.2 Å². The topological polar surface area (TPSA) is 50.6 Å². The van der Waals surface area contributed by atoms with Crippen LogP contribution in [-0.4, -0.2) is 41.7 Å². The fourth-order valence-corrected chi connectivity index (χ4v) is 3.25. The number of urea groups is 1. The van der Waals surface area contributed by atoms with Gasteiger partial charge in [-0.2, -0.15) is 0 Å². The number of ether oxygens (including phenoxy) is 1. The van der Waals surface area contributed by atoms with Crippen LogP contribution in [0.15, 0.2) is 54.7 Å². The van der Waals surface area contributed by atoms with Crippen molar-refractivity contribution < 1.29 is 9.53 Å². The second-order valence-corrected chi connectivity index (χ2v) is 6.39. The van der Waals surface area contributed by atoms with Gasteiger partial charge in [0.05, 0.1) is 24.7 Å². The number of carbonyl (C=O) groups is 1. The summed E-state index contributed by atoms with van der Waals surface area (Å²) in [5, 5.41) is 0. The molecule has 0 saturated carbocycles. The van der Waals surface area contributed by atoms with Gasteiger partial charge in [-0.25, -0.2) is 9.78 Å². The van der Waals surface area contributed by atoms with Crippen LogP contribution in [-0.2, 0) is 6.67 Å². The van der Waals surface area contributed by atoms with Crippen LogP contribution in [0, 0.1) is 0 Å². The summed E-state index contributed by atoms with van der Waals surface area (Å²) in [5.74, 6) is 1.63. The highest BCUT2D eigenvalue weighted by molar-refractivity contribution is 5.97. The van der Waals surface area contributed by atoms with Crippen molar-refractivity contribution in [2.75, 3.05) is 26.1 Å². The van der Waals surface area contributed by atoms with Crippen LogP contribution < -0.4 is 9.64 Å². The minimum absolute atomic E-state index is 0.0579. The van der Waals surface area contributed by atoms with Gasteiger partial charge in [-0.3, -0.25) is 4.90 Å². The maximum absolute atomic E-state index is 12.7. The first kappa shape index (κ1) is 16.2. The lowest BCUT2D eigenvalue weighted by molar-refractivity contribution is 0.222. The molecule has 2 amide bonds. The quantitative estimate of drug-likeness (QED) is 0.710. The number of aromatic nitrogens is 2. The molecule has 0 bridgehead atoms. The lowest BCUT2D eigenvalue weighted by Gasteiger charge is -2.33. The van der Waals surface area contributed by atoms with E-state index in [0.717, 1.165) is 34.1 Å². The zero-order valence-corrected chi connectivity index (χ0v) is 15.0. The highest BCUT2D eigenvalue weighted by Gasteiger charge is 2.29. The van der Waals surface area contributed by atoms with Crippen molar-refractivity contribution in [3.05, 3.63) is 54.7 Å². The van der Waals surface area contributed by atoms with E-state index in [1.807, 2.05) is 54.7 Å². The number of carbonyl (C=O) groups excluding carboxylic acids is 1. The third-order valence-corrected chi connectivity index (χ3v) is 4.57. The molecule has 26 heavy (non-hydrogen) atoms. The van der Waals surface area contributed by atoms with Crippen molar-refractivity contribution in [2.24, 2.45) is 0 Å². The van der Waals surface area contributed by atoms with Crippen molar-refractivity contribution in [3.8, 4) is 28.4 Å². The van der Waals surface area contributed by atoms with Crippen LogP contribution in [0.25, 0.3) is 22.6 Å². The smallest absolute Gasteiger partial charge is 0.325 e. The Morgan fingerprint density at radius 3 is 2.54 bits per heavy atom. The van der Waals surface area contributed by atoms with Gasteiger partial charge >= 0.3 is 6.03 Å². The molecule has 0 fully saturated rings. The number of benzene rings is 2. The van der Waals surface area contributed by atoms with Gasteiger partial charge in [-0.05, 0) is 30.3 Å². The van der Waals surface area contributed by atoms with Gasteiger partial charge in [0.2, 0.25) is 0 Å². The third kappa shape index (κ3) is 2.50. The Morgan fingerprint density at radius 1 is 1.12 bits per heavy atom.